The summed E-state index contributed by atoms with van der Waals surface area (Å²) in [6.07, 6.45) is 3.95. The highest BCUT2D eigenvalue weighted by Crippen LogP contribution is 2.57. The first-order valence-electron chi connectivity index (χ1n) is 13.1. The molecule has 7 heteroatoms. The number of carbonyl (C=O) groups excluding carboxylic acids is 3. The predicted octanol–water partition coefficient (Wildman–Crippen LogP) is 5.95. The lowest BCUT2D eigenvalue weighted by Gasteiger charge is -2.37. The number of rotatable bonds is 4. The van der Waals surface area contributed by atoms with Gasteiger partial charge in [0, 0.05) is 27.6 Å². The number of hydrogen-bond acceptors (Lipinski definition) is 4. The number of fused-ring (bicyclic) bond motifs is 6. The van der Waals surface area contributed by atoms with E-state index in [1.165, 1.54) is 0 Å². The topological polar surface area (TPSA) is 78.5 Å². The van der Waals surface area contributed by atoms with Gasteiger partial charge in [-0.25, -0.2) is 0 Å². The molecule has 196 valence electrons. The Morgan fingerprint density at radius 1 is 0.850 bits per heavy atom. The molecule has 1 fully saturated rings. The molecule has 40 heavy (non-hydrogen) atoms. The molecule has 0 unspecified atom stereocenters. The first-order valence-corrected chi connectivity index (χ1v) is 13.5. The van der Waals surface area contributed by atoms with Gasteiger partial charge in [-0.2, -0.15) is 0 Å². The van der Waals surface area contributed by atoms with Crippen molar-refractivity contribution in [2.24, 2.45) is 5.92 Å². The van der Waals surface area contributed by atoms with E-state index in [1.54, 1.807) is 48.5 Å². The molecule has 6 nitrogen and oxygen atoms in total. The van der Waals surface area contributed by atoms with Gasteiger partial charge in [-0.3, -0.25) is 14.4 Å². The molecule has 0 aliphatic carbocycles. The Kier molecular flexibility index (Phi) is 5.61. The van der Waals surface area contributed by atoms with Crippen LogP contribution in [0.4, 0.5) is 17.1 Å². The summed E-state index contributed by atoms with van der Waals surface area (Å²) in [5.74, 6) is -1.94. The van der Waals surface area contributed by atoms with Crippen LogP contribution in [0.15, 0.2) is 109 Å². The largest absolute Gasteiger partial charge is 0.350 e. The molecule has 2 N–H and O–H groups in total. The van der Waals surface area contributed by atoms with E-state index in [0.29, 0.717) is 22.0 Å². The molecule has 0 saturated carbocycles. The second-order valence-electron chi connectivity index (χ2n) is 10.3. The first-order chi connectivity index (χ1) is 19.5. The maximum atomic E-state index is 14.6. The molecule has 2 amide bonds. The third-order valence-corrected chi connectivity index (χ3v) is 8.52. The number of anilines is 3. The number of carbonyl (C=O) groups is 3. The number of nitrogens with zero attached hydrogens (tertiary/aromatic N) is 1. The van der Waals surface area contributed by atoms with Crippen molar-refractivity contribution >= 4 is 52.3 Å². The van der Waals surface area contributed by atoms with Gasteiger partial charge in [0.05, 0.1) is 12.0 Å². The number of Topliss-reactive ketones (excluding diaryl/α,β-unsaturated/α-hetero) is 1. The average Bonchev–Trinajstić information content (AvgIpc) is 3.47. The molecule has 1 saturated heterocycles. The van der Waals surface area contributed by atoms with Crippen molar-refractivity contribution in [3.05, 3.63) is 131 Å². The second kappa shape index (κ2) is 9.21. The molecule has 0 aromatic heterocycles. The minimum Gasteiger partial charge on any atom is -0.350 e. The average molecular weight is 546 g/mol. The number of para-hydroxylation sites is 2. The van der Waals surface area contributed by atoms with Crippen LogP contribution in [0.5, 0.6) is 0 Å². The van der Waals surface area contributed by atoms with E-state index in [0.717, 1.165) is 16.8 Å². The summed E-state index contributed by atoms with van der Waals surface area (Å²) in [6, 6.07) is 29.4. The van der Waals surface area contributed by atoms with Gasteiger partial charge in [-0.1, -0.05) is 90.5 Å². The van der Waals surface area contributed by atoms with Crippen molar-refractivity contribution in [2.45, 2.75) is 17.5 Å². The molecular formula is C33H24ClN3O3. The minimum absolute atomic E-state index is 0.260. The quantitative estimate of drug-likeness (QED) is 0.311. The summed E-state index contributed by atoms with van der Waals surface area (Å²) < 4.78 is 0. The number of hydrogen-bond donors (Lipinski definition) is 2. The molecule has 0 bridgehead atoms. The third-order valence-electron chi connectivity index (χ3n) is 8.26. The van der Waals surface area contributed by atoms with E-state index in [4.69, 9.17) is 11.6 Å². The summed E-state index contributed by atoms with van der Waals surface area (Å²) in [5.41, 5.74) is 2.75. The number of nitrogens with one attached hydrogen (secondary N) is 2. The van der Waals surface area contributed by atoms with Crippen LogP contribution in [-0.4, -0.2) is 29.7 Å². The highest BCUT2D eigenvalue weighted by molar-refractivity contribution is 6.30. The van der Waals surface area contributed by atoms with Crippen LogP contribution in [0, 0.1) is 5.92 Å². The van der Waals surface area contributed by atoms with Crippen molar-refractivity contribution < 1.29 is 14.4 Å². The maximum absolute atomic E-state index is 14.6. The second-order valence-corrected chi connectivity index (χ2v) is 10.7. The van der Waals surface area contributed by atoms with Crippen molar-refractivity contribution in [1.29, 1.82) is 0 Å². The minimum atomic E-state index is -1.34. The molecule has 4 aromatic carbocycles. The molecule has 3 aliphatic heterocycles. The summed E-state index contributed by atoms with van der Waals surface area (Å²) >= 11 is 6.08. The monoisotopic (exact) mass is 545 g/mol. The summed E-state index contributed by atoms with van der Waals surface area (Å²) in [4.78, 5) is 45.2. The highest BCUT2D eigenvalue weighted by atomic mass is 35.5. The van der Waals surface area contributed by atoms with Crippen LogP contribution >= 0.6 is 11.6 Å². The lowest BCUT2D eigenvalue weighted by molar-refractivity contribution is -0.122. The van der Waals surface area contributed by atoms with E-state index < -0.39 is 23.4 Å². The van der Waals surface area contributed by atoms with Gasteiger partial charge in [0.1, 0.15) is 11.5 Å². The van der Waals surface area contributed by atoms with Crippen LogP contribution in [0.25, 0.3) is 6.08 Å². The number of benzene rings is 4. The smallest absolute Gasteiger partial charge is 0.247 e. The number of halogens is 1. The Hall–Kier alpha value is -4.68. The molecular weight excluding hydrogens is 522 g/mol. The zero-order valence-corrected chi connectivity index (χ0v) is 22.0. The van der Waals surface area contributed by atoms with E-state index in [2.05, 4.69) is 10.6 Å². The Bertz CT molecular complexity index is 1700. The summed E-state index contributed by atoms with van der Waals surface area (Å²) in [7, 11) is 0. The van der Waals surface area contributed by atoms with Gasteiger partial charge in [0.2, 0.25) is 11.8 Å². The molecule has 1 spiro atoms. The van der Waals surface area contributed by atoms with Gasteiger partial charge >= 0.3 is 0 Å². The fraction of sp³-hybridized carbons (Fsp3) is 0.121. The van der Waals surface area contributed by atoms with Gasteiger partial charge in [0.15, 0.2) is 5.78 Å². The van der Waals surface area contributed by atoms with Crippen LogP contribution in [0.1, 0.15) is 21.5 Å². The third kappa shape index (κ3) is 3.46. The van der Waals surface area contributed by atoms with Crippen LogP contribution in [-0.2, 0) is 15.0 Å². The normalized spacial score (nSPS) is 23.8. The lowest BCUT2D eigenvalue weighted by Crippen LogP contribution is -2.51. The van der Waals surface area contributed by atoms with Gasteiger partial charge in [0.25, 0.3) is 0 Å². The van der Waals surface area contributed by atoms with E-state index in [9.17, 15) is 14.4 Å². The van der Waals surface area contributed by atoms with Crippen molar-refractivity contribution in [3.8, 4) is 0 Å². The van der Waals surface area contributed by atoms with Crippen LogP contribution < -0.4 is 15.5 Å². The molecule has 4 aromatic rings. The fourth-order valence-electron chi connectivity index (χ4n) is 6.65. The van der Waals surface area contributed by atoms with E-state index >= 15 is 0 Å². The molecule has 7 rings (SSSR count). The zero-order chi connectivity index (χ0) is 27.4. The van der Waals surface area contributed by atoms with Crippen molar-refractivity contribution in [3.63, 3.8) is 0 Å². The van der Waals surface area contributed by atoms with Gasteiger partial charge in [-0.15, -0.1) is 0 Å². The predicted molar refractivity (Wildman–Crippen MR) is 157 cm³/mol. The SMILES string of the molecule is O=C(c1ccccc1)[C@@H]1[C@H](C(=O)Nc2ccc(Cl)cc2)N2c3ccccc3C=C[C@H]2[C@@]12C(=O)Nc1ccccc12. The Balaban J connectivity index is 1.48. The van der Waals surface area contributed by atoms with E-state index in [1.807, 2.05) is 71.6 Å². The fourth-order valence-corrected chi connectivity index (χ4v) is 6.78. The number of ketones is 1. The first kappa shape index (κ1) is 24.4. The molecule has 3 aliphatic rings. The standard InChI is InChI=1S/C33H24ClN3O3/c34-22-15-17-23(18-16-22)35-31(39)29-28(30(38)21-9-2-1-3-10-21)33(24-11-5-6-12-25(24)36-32(33)40)27-19-14-20-8-4-7-13-26(20)37(27)29/h1-19,27-29H,(H,35,39)(H,36,40)/t27-,28-,29+,33+/m0/s1. The lowest BCUT2D eigenvalue weighted by atomic mass is 9.64. The molecule has 4 atom stereocenters. The summed E-state index contributed by atoms with van der Waals surface area (Å²) in [6.45, 7) is 0. The van der Waals surface area contributed by atoms with Crippen molar-refractivity contribution in [2.75, 3.05) is 15.5 Å². The Morgan fingerprint density at radius 3 is 2.35 bits per heavy atom. The van der Waals surface area contributed by atoms with Crippen molar-refractivity contribution in [1.82, 2.24) is 0 Å². The Morgan fingerprint density at radius 2 is 1.55 bits per heavy atom. The van der Waals surface area contributed by atoms with Crippen LogP contribution in [0.2, 0.25) is 5.02 Å². The molecule has 0 radical (unpaired) electrons. The Labute approximate surface area is 236 Å². The maximum Gasteiger partial charge on any atom is 0.247 e. The van der Waals surface area contributed by atoms with E-state index in [-0.39, 0.29) is 17.6 Å². The number of amides is 2. The zero-order valence-electron chi connectivity index (χ0n) is 21.3. The van der Waals surface area contributed by atoms with Crippen LogP contribution in [0.3, 0.4) is 0 Å². The van der Waals surface area contributed by atoms with Gasteiger partial charge < -0.3 is 15.5 Å². The summed E-state index contributed by atoms with van der Waals surface area (Å²) in [5, 5.41) is 6.60. The van der Waals surface area contributed by atoms with Gasteiger partial charge in [-0.05, 0) is 47.5 Å². The highest BCUT2D eigenvalue weighted by Gasteiger charge is 2.70. The molecule has 3 heterocycles.